The van der Waals surface area contributed by atoms with Crippen LogP contribution in [0.3, 0.4) is 0 Å². The van der Waals surface area contributed by atoms with Crippen molar-refractivity contribution in [3.63, 3.8) is 0 Å². The van der Waals surface area contributed by atoms with Gasteiger partial charge in [-0.25, -0.2) is 9.59 Å². The Morgan fingerprint density at radius 1 is 1.29 bits per heavy atom. The number of methoxy groups -OCH3 is 2. The van der Waals surface area contributed by atoms with Crippen molar-refractivity contribution >= 4 is 11.9 Å². The van der Waals surface area contributed by atoms with Gasteiger partial charge >= 0.3 is 11.9 Å². The molecule has 0 aromatic carbocycles. The fraction of sp³-hybridized carbons (Fsp3) is 0.778. The maximum Gasteiger partial charge on any atom is 0.339 e. The van der Waals surface area contributed by atoms with E-state index in [0.717, 1.165) is 12.8 Å². The van der Waals surface area contributed by atoms with Crippen molar-refractivity contribution in [1.82, 2.24) is 5.32 Å². The molecular weight excluding hydrogens is 186 g/mol. The maximum atomic E-state index is 11.4. The molecule has 5 nitrogen and oxygen atoms in total. The van der Waals surface area contributed by atoms with E-state index in [-0.39, 0.29) is 6.04 Å². The molecule has 1 rings (SSSR count). The number of hydrogen-bond acceptors (Lipinski definition) is 5. The highest BCUT2D eigenvalue weighted by atomic mass is 16.5. The maximum absolute atomic E-state index is 11.4. The van der Waals surface area contributed by atoms with Crippen molar-refractivity contribution in [3.8, 4) is 0 Å². The van der Waals surface area contributed by atoms with Gasteiger partial charge in [0.15, 0.2) is 0 Å². The van der Waals surface area contributed by atoms with Crippen LogP contribution in [0.25, 0.3) is 0 Å². The molecule has 0 radical (unpaired) electrons. The first-order chi connectivity index (χ1) is 6.63. The molecule has 80 valence electrons. The van der Waals surface area contributed by atoms with Crippen molar-refractivity contribution in [3.05, 3.63) is 0 Å². The third-order valence-electron chi connectivity index (χ3n) is 2.43. The minimum absolute atomic E-state index is 0.146. The first-order valence-electron chi connectivity index (χ1n) is 4.58. The zero-order valence-corrected chi connectivity index (χ0v) is 8.62. The van der Waals surface area contributed by atoms with E-state index in [1.54, 1.807) is 0 Å². The number of ether oxygens (including phenoxy) is 2. The Bertz CT molecular complexity index is 235. The summed E-state index contributed by atoms with van der Waals surface area (Å²) in [5.74, 6) is -1.13. The van der Waals surface area contributed by atoms with Gasteiger partial charge in [-0.2, -0.15) is 0 Å². The molecule has 0 saturated carbocycles. The van der Waals surface area contributed by atoms with E-state index in [1.165, 1.54) is 14.2 Å². The second-order valence-electron chi connectivity index (χ2n) is 3.28. The van der Waals surface area contributed by atoms with Gasteiger partial charge in [-0.05, 0) is 6.42 Å². The lowest BCUT2D eigenvalue weighted by Crippen LogP contribution is -2.40. The van der Waals surface area contributed by atoms with Crippen LogP contribution in [0, 0.1) is 0 Å². The Hall–Kier alpha value is -1.10. The summed E-state index contributed by atoms with van der Waals surface area (Å²) in [6.45, 7) is 1.99. The third-order valence-corrected chi connectivity index (χ3v) is 2.43. The Kier molecular flexibility index (Phi) is 3.10. The molecule has 0 bridgehead atoms. The molecule has 0 aromatic heterocycles. The molecule has 0 spiro atoms. The molecule has 1 aliphatic heterocycles. The first-order valence-corrected chi connectivity index (χ1v) is 4.58. The minimum atomic E-state index is -1.24. The van der Waals surface area contributed by atoms with Crippen molar-refractivity contribution in [1.29, 1.82) is 0 Å². The van der Waals surface area contributed by atoms with E-state index >= 15 is 0 Å². The summed E-state index contributed by atoms with van der Waals surface area (Å²) >= 11 is 0. The van der Waals surface area contributed by atoms with Crippen molar-refractivity contribution in [2.24, 2.45) is 0 Å². The van der Waals surface area contributed by atoms with Crippen LogP contribution in [0.1, 0.15) is 19.8 Å². The van der Waals surface area contributed by atoms with E-state index in [1.807, 2.05) is 6.92 Å². The van der Waals surface area contributed by atoms with E-state index in [9.17, 15) is 9.59 Å². The highest BCUT2D eigenvalue weighted by molar-refractivity contribution is 6.09. The standard InChI is InChI=1S/C9H15NO4/c1-4-5-6-9(10-6,7(11)13-2)8(12)14-3/h6,10H,4-5H2,1-3H3. The molecule has 0 aliphatic carbocycles. The molecule has 14 heavy (non-hydrogen) atoms. The fourth-order valence-corrected chi connectivity index (χ4v) is 1.62. The molecule has 1 fully saturated rings. The number of nitrogens with one attached hydrogen (secondary N) is 1. The molecular formula is C9H15NO4. The van der Waals surface area contributed by atoms with Gasteiger partial charge in [0.05, 0.1) is 14.2 Å². The minimum Gasteiger partial charge on any atom is -0.467 e. The van der Waals surface area contributed by atoms with Crippen LogP contribution in [0.4, 0.5) is 0 Å². The summed E-state index contributed by atoms with van der Waals surface area (Å²) < 4.78 is 9.15. The van der Waals surface area contributed by atoms with E-state index in [4.69, 9.17) is 0 Å². The van der Waals surface area contributed by atoms with E-state index in [0.29, 0.717) is 0 Å². The second-order valence-corrected chi connectivity index (χ2v) is 3.28. The van der Waals surface area contributed by atoms with Gasteiger partial charge in [0.2, 0.25) is 5.54 Å². The molecule has 1 unspecified atom stereocenters. The molecule has 1 heterocycles. The smallest absolute Gasteiger partial charge is 0.339 e. The zero-order valence-electron chi connectivity index (χ0n) is 8.62. The van der Waals surface area contributed by atoms with Crippen LogP contribution < -0.4 is 5.32 Å². The lowest BCUT2D eigenvalue weighted by atomic mass is 10.0. The van der Waals surface area contributed by atoms with Gasteiger partial charge < -0.3 is 9.47 Å². The molecule has 0 amide bonds. The Morgan fingerprint density at radius 2 is 1.79 bits per heavy atom. The highest BCUT2D eigenvalue weighted by Crippen LogP contribution is 2.32. The quantitative estimate of drug-likeness (QED) is 0.389. The molecule has 1 saturated heterocycles. The van der Waals surface area contributed by atoms with Gasteiger partial charge in [0.1, 0.15) is 0 Å². The van der Waals surface area contributed by atoms with Crippen LogP contribution in [0.5, 0.6) is 0 Å². The average molecular weight is 201 g/mol. The van der Waals surface area contributed by atoms with Gasteiger partial charge in [-0.1, -0.05) is 13.3 Å². The predicted molar refractivity (Wildman–Crippen MR) is 48.6 cm³/mol. The average Bonchev–Trinajstić information content (AvgIpc) is 2.92. The van der Waals surface area contributed by atoms with Crippen LogP contribution in [0.15, 0.2) is 0 Å². The third kappa shape index (κ3) is 1.48. The number of esters is 2. The van der Waals surface area contributed by atoms with Gasteiger partial charge in [-0.3, -0.25) is 5.32 Å². The Labute approximate surface area is 82.8 Å². The summed E-state index contributed by atoms with van der Waals surface area (Å²) in [6.07, 6.45) is 1.65. The predicted octanol–water partition coefficient (Wildman–Crippen LogP) is -0.157. The summed E-state index contributed by atoms with van der Waals surface area (Å²) in [5.41, 5.74) is -1.24. The summed E-state index contributed by atoms with van der Waals surface area (Å²) in [5, 5.41) is 2.84. The van der Waals surface area contributed by atoms with Crippen LogP contribution in [0.2, 0.25) is 0 Å². The number of carbonyl (C=O) groups excluding carboxylic acids is 2. The van der Waals surface area contributed by atoms with E-state index < -0.39 is 17.5 Å². The second kappa shape index (κ2) is 3.96. The largest absolute Gasteiger partial charge is 0.467 e. The Balaban J connectivity index is 2.75. The number of carbonyl (C=O) groups is 2. The monoisotopic (exact) mass is 201 g/mol. The lowest BCUT2D eigenvalue weighted by molar-refractivity contribution is -0.156. The van der Waals surface area contributed by atoms with Gasteiger partial charge in [0, 0.05) is 6.04 Å². The summed E-state index contributed by atoms with van der Waals surface area (Å²) in [4.78, 5) is 22.8. The lowest BCUT2D eigenvalue weighted by Gasteiger charge is -2.09. The van der Waals surface area contributed by atoms with Gasteiger partial charge in [-0.15, -0.1) is 0 Å². The molecule has 1 atom stereocenters. The number of hydrogen-bond donors (Lipinski definition) is 1. The van der Waals surface area contributed by atoms with Crippen LogP contribution >= 0.6 is 0 Å². The zero-order chi connectivity index (χ0) is 10.8. The first kappa shape index (κ1) is 11.0. The van der Waals surface area contributed by atoms with Crippen molar-refractivity contribution in [2.45, 2.75) is 31.3 Å². The summed E-state index contributed by atoms with van der Waals surface area (Å²) in [7, 11) is 2.52. The number of rotatable bonds is 4. The van der Waals surface area contributed by atoms with Crippen LogP contribution in [-0.2, 0) is 19.1 Å². The SMILES string of the molecule is CCCC1NC1(C(=O)OC)C(=O)OC. The molecule has 1 aliphatic rings. The van der Waals surface area contributed by atoms with Crippen LogP contribution in [-0.4, -0.2) is 37.7 Å². The van der Waals surface area contributed by atoms with E-state index in [2.05, 4.69) is 14.8 Å². The molecule has 0 aromatic rings. The van der Waals surface area contributed by atoms with Crippen molar-refractivity contribution < 1.29 is 19.1 Å². The Morgan fingerprint density at radius 3 is 2.14 bits per heavy atom. The fourth-order valence-electron chi connectivity index (χ4n) is 1.62. The summed E-state index contributed by atoms with van der Waals surface area (Å²) in [6, 6.07) is -0.146. The molecule has 5 heteroatoms. The molecule has 1 N–H and O–H groups in total. The topological polar surface area (TPSA) is 74.5 Å². The highest BCUT2D eigenvalue weighted by Gasteiger charge is 2.67. The van der Waals surface area contributed by atoms with Crippen molar-refractivity contribution in [2.75, 3.05) is 14.2 Å². The normalized spacial score (nSPS) is 22.6. The van der Waals surface area contributed by atoms with Gasteiger partial charge in [0.25, 0.3) is 0 Å².